The molecule has 164 valence electrons. The van der Waals surface area contributed by atoms with Crippen LogP contribution in [0.25, 0.3) is 0 Å². The Balaban J connectivity index is 1.34. The number of allylic oxidation sites excluding steroid dienone is 2. The number of imide groups is 1. The minimum absolute atomic E-state index is 0.00602. The number of nitro benzene ring substituents is 1. The number of carbonyl (C=O) groups excluding carboxylic acids is 2. The zero-order valence-electron chi connectivity index (χ0n) is 17.3. The predicted octanol–water partition coefficient (Wildman–Crippen LogP) is 3.19. The molecule has 2 fully saturated rings. The third-order valence-corrected chi connectivity index (χ3v) is 6.47. The Morgan fingerprint density at radius 2 is 1.85 bits per heavy atom. The number of benzene rings is 2. The second-order valence-corrected chi connectivity index (χ2v) is 8.27. The van der Waals surface area contributed by atoms with Gasteiger partial charge in [-0.1, -0.05) is 30.4 Å². The van der Waals surface area contributed by atoms with Gasteiger partial charge < -0.3 is 4.74 Å². The lowest BCUT2D eigenvalue weighted by Crippen LogP contribution is -2.28. The van der Waals surface area contributed by atoms with Crippen LogP contribution in [0.1, 0.15) is 23.1 Å². The molecule has 0 aromatic heterocycles. The summed E-state index contributed by atoms with van der Waals surface area (Å²) in [5, 5.41) is 25.7. The highest BCUT2D eigenvalue weighted by Crippen LogP contribution is 2.52. The van der Waals surface area contributed by atoms with Crippen LogP contribution in [0.3, 0.4) is 0 Å². The highest BCUT2D eigenvalue weighted by Gasteiger charge is 2.59. The maximum atomic E-state index is 12.7. The van der Waals surface area contributed by atoms with Crippen LogP contribution in [-0.2, 0) is 16.2 Å². The Bertz CT molecular complexity index is 1250. The molecule has 0 spiro atoms. The molecule has 2 amide bonds. The Hall–Kier alpha value is -4.32. The van der Waals surface area contributed by atoms with Gasteiger partial charge in [-0.25, -0.2) is 0 Å². The van der Waals surface area contributed by atoms with Crippen molar-refractivity contribution < 1.29 is 19.2 Å². The third-order valence-electron chi connectivity index (χ3n) is 6.47. The minimum atomic E-state index is -0.581. The average molecular weight is 442 g/mol. The van der Waals surface area contributed by atoms with Gasteiger partial charge in [-0.3, -0.25) is 19.7 Å². The lowest BCUT2D eigenvalue weighted by atomic mass is 9.85. The van der Waals surface area contributed by atoms with E-state index >= 15 is 0 Å². The van der Waals surface area contributed by atoms with Crippen LogP contribution < -0.4 is 4.74 Å². The smallest absolute Gasteiger partial charge is 0.311 e. The first-order chi connectivity index (χ1) is 16.0. The number of nitro groups is 1. The van der Waals surface area contributed by atoms with Crippen molar-refractivity contribution >= 4 is 23.7 Å². The zero-order valence-corrected chi connectivity index (χ0v) is 17.3. The fourth-order valence-corrected chi connectivity index (χ4v) is 4.91. The molecule has 33 heavy (non-hydrogen) atoms. The molecule has 2 aromatic carbocycles. The predicted molar refractivity (Wildman–Crippen MR) is 116 cm³/mol. The number of hydrogen-bond donors (Lipinski definition) is 0. The van der Waals surface area contributed by atoms with Gasteiger partial charge >= 0.3 is 5.69 Å². The summed E-state index contributed by atoms with van der Waals surface area (Å²) < 4.78 is 5.61. The molecular weight excluding hydrogens is 424 g/mol. The molecule has 0 N–H and O–H groups in total. The van der Waals surface area contributed by atoms with Crippen molar-refractivity contribution in [3.63, 3.8) is 0 Å². The summed E-state index contributed by atoms with van der Waals surface area (Å²) in [7, 11) is 0. The maximum absolute atomic E-state index is 12.7. The second-order valence-electron chi connectivity index (χ2n) is 8.27. The summed E-state index contributed by atoms with van der Waals surface area (Å²) in [5.74, 6) is -1.14. The van der Waals surface area contributed by atoms with Gasteiger partial charge in [-0.2, -0.15) is 15.4 Å². The van der Waals surface area contributed by atoms with E-state index in [1.807, 2.05) is 12.2 Å². The molecular formula is C24H18N4O5. The first-order valence-electron chi connectivity index (χ1n) is 10.5. The monoisotopic (exact) mass is 442 g/mol. The first kappa shape index (κ1) is 20.6. The van der Waals surface area contributed by atoms with Crippen molar-refractivity contribution in [2.24, 2.45) is 28.8 Å². The van der Waals surface area contributed by atoms with Gasteiger partial charge in [0.05, 0.1) is 34.6 Å². The van der Waals surface area contributed by atoms with E-state index in [0.29, 0.717) is 16.7 Å². The van der Waals surface area contributed by atoms with Gasteiger partial charge in [-0.15, -0.1) is 0 Å². The fourth-order valence-electron chi connectivity index (χ4n) is 4.91. The lowest BCUT2D eigenvalue weighted by Gasteiger charge is -2.13. The molecule has 9 nitrogen and oxygen atoms in total. The Morgan fingerprint density at radius 1 is 1.15 bits per heavy atom. The van der Waals surface area contributed by atoms with E-state index in [1.54, 1.807) is 30.3 Å². The number of fused-ring (bicyclic) bond motifs is 5. The quantitative estimate of drug-likeness (QED) is 0.222. The van der Waals surface area contributed by atoms with Crippen molar-refractivity contribution in [2.75, 3.05) is 0 Å². The van der Waals surface area contributed by atoms with Crippen molar-refractivity contribution in [2.45, 2.75) is 13.0 Å². The topological polar surface area (TPSA) is 126 Å². The summed E-state index contributed by atoms with van der Waals surface area (Å²) in [6, 6.07) is 13.2. The number of nitrogens with zero attached hydrogens (tertiary/aromatic N) is 4. The van der Waals surface area contributed by atoms with Crippen LogP contribution in [0.5, 0.6) is 5.75 Å². The lowest BCUT2D eigenvalue weighted by molar-refractivity contribution is -0.385. The molecule has 5 rings (SSSR count). The van der Waals surface area contributed by atoms with Crippen molar-refractivity contribution in [1.82, 2.24) is 5.01 Å². The molecule has 1 aliphatic heterocycles. The zero-order chi connectivity index (χ0) is 23.1. The summed E-state index contributed by atoms with van der Waals surface area (Å²) in [4.78, 5) is 36.4. The molecule has 3 aliphatic rings. The standard InChI is InChI=1S/C24H18N4O5/c25-11-17-3-1-2-4-18(17)13-33-20-8-5-14(9-19(20)28(31)32)12-26-27-23(29)21-15-6-7-16(10-15)22(21)24(27)30/h1-9,12,15-16,21-22H,10,13H2/t15-,16-,21-,22+/m0/s1. The SMILES string of the molecule is N#Cc1ccccc1COc1ccc(C=NN2C(=O)[C@@H]3[C@H](C2=O)[C@H]2C=C[C@H]3C2)cc1[N+](=O)[O-]. The van der Waals surface area contributed by atoms with E-state index < -0.39 is 4.92 Å². The Labute approximate surface area is 188 Å². The van der Waals surface area contributed by atoms with Crippen LogP contribution >= 0.6 is 0 Å². The maximum Gasteiger partial charge on any atom is 0.311 e. The number of rotatable bonds is 6. The van der Waals surface area contributed by atoms with E-state index in [4.69, 9.17) is 4.74 Å². The van der Waals surface area contributed by atoms with E-state index in [-0.39, 0.29) is 53.5 Å². The van der Waals surface area contributed by atoms with E-state index in [9.17, 15) is 25.0 Å². The van der Waals surface area contributed by atoms with Crippen LogP contribution in [0.2, 0.25) is 0 Å². The number of carbonyl (C=O) groups is 2. The van der Waals surface area contributed by atoms with Crippen molar-refractivity contribution in [1.29, 1.82) is 5.26 Å². The van der Waals surface area contributed by atoms with E-state index in [0.717, 1.165) is 11.4 Å². The van der Waals surface area contributed by atoms with Gasteiger partial charge in [0, 0.05) is 17.2 Å². The molecule has 0 radical (unpaired) electrons. The Morgan fingerprint density at radius 3 is 2.52 bits per heavy atom. The largest absolute Gasteiger partial charge is 0.482 e. The molecule has 2 aromatic rings. The second kappa shape index (κ2) is 7.98. The molecule has 1 heterocycles. The molecule has 4 atom stereocenters. The number of amides is 2. The van der Waals surface area contributed by atoms with Crippen LogP contribution in [-0.4, -0.2) is 28.0 Å². The van der Waals surface area contributed by atoms with Gasteiger partial charge in [0.1, 0.15) is 6.61 Å². The summed E-state index contributed by atoms with van der Waals surface area (Å²) in [6.07, 6.45) is 6.10. The highest BCUT2D eigenvalue weighted by molar-refractivity contribution is 6.06. The molecule has 2 bridgehead atoms. The average Bonchev–Trinajstić information content (AvgIpc) is 3.51. The van der Waals surface area contributed by atoms with Crippen LogP contribution in [0.4, 0.5) is 5.69 Å². The molecule has 9 heteroatoms. The number of ether oxygens (including phenoxy) is 1. The normalized spacial score (nSPS) is 25.0. The van der Waals surface area contributed by atoms with Crippen molar-refractivity contribution in [3.8, 4) is 11.8 Å². The van der Waals surface area contributed by atoms with Crippen LogP contribution in [0, 0.1) is 45.1 Å². The third kappa shape index (κ3) is 3.46. The van der Waals surface area contributed by atoms with Crippen molar-refractivity contribution in [3.05, 3.63) is 81.4 Å². The minimum Gasteiger partial charge on any atom is -0.482 e. The fraction of sp³-hybridized carbons (Fsp3) is 0.250. The number of hydrogen-bond acceptors (Lipinski definition) is 7. The Kier molecular flexibility index (Phi) is 4.98. The summed E-state index contributed by atoms with van der Waals surface area (Å²) >= 11 is 0. The summed E-state index contributed by atoms with van der Waals surface area (Å²) in [5.41, 5.74) is 1.11. The molecule has 2 aliphatic carbocycles. The molecule has 1 saturated carbocycles. The van der Waals surface area contributed by atoms with Gasteiger partial charge in [0.15, 0.2) is 5.75 Å². The van der Waals surface area contributed by atoms with E-state index in [2.05, 4.69) is 11.2 Å². The number of hydrazone groups is 1. The number of nitriles is 1. The van der Waals surface area contributed by atoms with Gasteiger partial charge in [0.2, 0.25) is 0 Å². The summed E-state index contributed by atoms with van der Waals surface area (Å²) in [6.45, 7) is -0.00602. The molecule has 1 saturated heterocycles. The van der Waals surface area contributed by atoms with Gasteiger partial charge in [0.25, 0.3) is 11.8 Å². The highest BCUT2D eigenvalue weighted by atomic mass is 16.6. The molecule has 0 unspecified atom stereocenters. The van der Waals surface area contributed by atoms with Gasteiger partial charge in [-0.05, 0) is 36.5 Å². The first-order valence-corrected chi connectivity index (χ1v) is 10.5. The van der Waals surface area contributed by atoms with E-state index in [1.165, 1.54) is 18.3 Å². The van der Waals surface area contributed by atoms with Crippen LogP contribution in [0.15, 0.2) is 59.7 Å².